The van der Waals surface area contributed by atoms with Gasteiger partial charge in [0.05, 0.1) is 0 Å². The number of rotatable bonds is 11. The monoisotopic (exact) mass is 589 g/mol. The van der Waals surface area contributed by atoms with Gasteiger partial charge in [-0.05, 0) is 30.7 Å². The molecule has 0 heterocycles. The number of nitrogens with zero attached hydrogens (tertiary/aromatic N) is 1. The average molecular weight is 589 g/mol. The van der Waals surface area contributed by atoms with Gasteiger partial charge < -0.3 is 25.8 Å². The Labute approximate surface area is 179 Å². The third kappa shape index (κ3) is 8.38. The molecule has 0 aromatic heterocycles. The largest absolute Gasteiger partial charge is 0.480 e. The third-order valence-electron chi connectivity index (χ3n) is 3.39. The molecule has 0 aliphatic rings. The smallest absolute Gasteiger partial charge is 0.413 e. The van der Waals surface area contributed by atoms with E-state index in [9.17, 15) is 14.4 Å². The maximum atomic E-state index is 11.9. The Hall–Kier alpha value is -1.31. The van der Waals surface area contributed by atoms with Gasteiger partial charge in [-0.25, -0.2) is 9.59 Å². The number of carboxylic acids is 1. The molecular formula is C16H21I2N3O5. The van der Waals surface area contributed by atoms with E-state index < -0.39 is 24.0 Å². The first-order valence-corrected chi connectivity index (χ1v) is 10.9. The quantitative estimate of drug-likeness (QED) is 0.269. The lowest BCUT2D eigenvalue weighted by Gasteiger charge is -2.23. The first-order chi connectivity index (χ1) is 12.4. The Bertz CT molecular complexity index is 606. The molecular weight excluding hydrogens is 568 g/mol. The average Bonchev–Trinajstić information content (AvgIpc) is 2.58. The Morgan fingerprint density at radius 2 is 1.73 bits per heavy atom. The summed E-state index contributed by atoms with van der Waals surface area (Å²) in [7, 11) is 0. The molecule has 2 amide bonds. The van der Waals surface area contributed by atoms with Crippen LogP contribution in [0.1, 0.15) is 12.8 Å². The number of carboxylic acid groups (broad SMARTS) is 1. The van der Waals surface area contributed by atoms with Crippen molar-refractivity contribution in [3.63, 3.8) is 0 Å². The summed E-state index contributed by atoms with van der Waals surface area (Å²) in [4.78, 5) is 36.0. The van der Waals surface area contributed by atoms with Gasteiger partial charge in [0.25, 0.3) is 0 Å². The minimum absolute atomic E-state index is 0.0970. The first kappa shape index (κ1) is 22.7. The normalized spacial score (nSPS) is 11.5. The molecule has 0 fully saturated rings. The standard InChI is InChI=1S/C16H21I2N3O5/c17-7-9-21(10-8-18)11-1-3-12(4-2-11)26-16(25)20-13(15(23)24)5-6-14(19)22/h1-4,13H,5-10H2,(H2,19,22)(H,20,25)(H,23,24)/t13-/m0/s1. The summed E-state index contributed by atoms with van der Waals surface area (Å²) >= 11 is 4.64. The van der Waals surface area contributed by atoms with Crippen molar-refractivity contribution in [1.82, 2.24) is 5.32 Å². The van der Waals surface area contributed by atoms with Crippen molar-refractivity contribution in [3.05, 3.63) is 24.3 Å². The number of halogens is 2. The zero-order valence-corrected chi connectivity index (χ0v) is 18.3. The fraction of sp³-hybridized carbons (Fsp3) is 0.438. The van der Waals surface area contributed by atoms with Gasteiger partial charge in [0.15, 0.2) is 0 Å². The molecule has 1 aromatic carbocycles. The Balaban J connectivity index is 2.65. The second-order valence-corrected chi connectivity index (χ2v) is 7.45. The number of benzene rings is 1. The van der Waals surface area contributed by atoms with Crippen LogP contribution >= 0.6 is 45.2 Å². The van der Waals surface area contributed by atoms with E-state index in [2.05, 4.69) is 55.4 Å². The van der Waals surface area contributed by atoms with Crippen LogP contribution < -0.4 is 20.7 Å². The number of nitrogens with two attached hydrogens (primary N) is 1. The minimum Gasteiger partial charge on any atom is -0.480 e. The van der Waals surface area contributed by atoms with E-state index in [-0.39, 0.29) is 12.8 Å². The number of hydrogen-bond donors (Lipinski definition) is 3. The Morgan fingerprint density at radius 3 is 2.19 bits per heavy atom. The van der Waals surface area contributed by atoms with Gasteiger partial charge in [0, 0.05) is 34.1 Å². The van der Waals surface area contributed by atoms with Crippen molar-refractivity contribution < 1.29 is 24.2 Å². The van der Waals surface area contributed by atoms with Crippen LogP contribution in [0.15, 0.2) is 24.3 Å². The molecule has 0 saturated heterocycles. The van der Waals surface area contributed by atoms with Crippen LogP contribution in [0.5, 0.6) is 5.75 Å². The lowest BCUT2D eigenvalue weighted by atomic mass is 10.1. The zero-order valence-electron chi connectivity index (χ0n) is 14.0. The number of alkyl halides is 2. The van der Waals surface area contributed by atoms with Crippen molar-refractivity contribution >= 4 is 68.8 Å². The molecule has 0 spiro atoms. The van der Waals surface area contributed by atoms with Crippen molar-refractivity contribution in [1.29, 1.82) is 0 Å². The minimum atomic E-state index is -1.26. The summed E-state index contributed by atoms with van der Waals surface area (Å²) in [6.45, 7) is 1.84. The van der Waals surface area contributed by atoms with Crippen LogP contribution in [0.25, 0.3) is 0 Å². The zero-order chi connectivity index (χ0) is 19.5. The van der Waals surface area contributed by atoms with Crippen molar-refractivity contribution in [2.24, 2.45) is 5.73 Å². The Kier molecular flexibility index (Phi) is 10.6. The predicted octanol–water partition coefficient (Wildman–Crippen LogP) is 2.17. The lowest BCUT2D eigenvalue weighted by Crippen LogP contribution is -2.42. The number of primary amides is 1. The molecule has 8 nitrogen and oxygen atoms in total. The SMILES string of the molecule is NC(=O)CC[C@H](NC(=O)Oc1ccc(N(CCI)CCI)cc1)C(=O)O. The molecule has 26 heavy (non-hydrogen) atoms. The van der Waals surface area contributed by atoms with Crippen molar-refractivity contribution in [3.8, 4) is 5.75 Å². The number of amides is 2. The molecule has 10 heteroatoms. The molecule has 0 aliphatic heterocycles. The van der Waals surface area contributed by atoms with Crippen LogP contribution in [0, 0.1) is 0 Å². The van der Waals surface area contributed by atoms with Gasteiger partial charge in [0.1, 0.15) is 11.8 Å². The summed E-state index contributed by atoms with van der Waals surface area (Å²) in [5.41, 5.74) is 6.02. The first-order valence-electron chi connectivity index (χ1n) is 7.83. The fourth-order valence-corrected chi connectivity index (χ4v) is 3.29. The van der Waals surface area contributed by atoms with Crippen LogP contribution in [0.4, 0.5) is 10.5 Å². The predicted molar refractivity (Wildman–Crippen MR) is 115 cm³/mol. The van der Waals surface area contributed by atoms with Gasteiger partial charge in [-0.2, -0.15) is 0 Å². The number of hydrogen-bond acceptors (Lipinski definition) is 5. The summed E-state index contributed by atoms with van der Waals surface area (Å²) in [5, 5.41) is 11.3. The highest BCUT2D eigenvalue weighted by molar-refractivity contribution is 14.1. The second kappa shape index (κ2) is 12.1. The van der Waals surface area contributed by atoms with E-state index in [0.717, 1.165) is 27.6 Å². The molecule has 1 rings (SSSR count). The van der Waals surface area contributed by atoms with E-state index in [1.807, 2.05) is 12.1 Å². The molecule has 144 valence electrons. The van der Waals surface area contributed by atoms with Crippen LogP contribution in [-0.4, -0.2) is 51.1 Å². The van der Waals surface area contributed by atoms with Crippen LogP contribution in [0.2, 0.25) is 0 Å². The lowest BCUT2D eigenvalue weighted by molar-refractivity contribution is -0.139. The number of nitrogens with one attached hydrogen (secondary N) is 1. The second-order valence-electron chi connectivity index (χ2n) is 5.29. The van der Waals surface area contributed by atoms with Crippen LogP contribution in [0.3, 0.4) is 0 Å². The molecule has 0 unspecified atom stereocenters. The van der Waals surface area contributed by atoms with Gasteiger partial charge >= 0.3 is 12.1 Å². The third-order valence-corrected chi connectivity index (χ3v) is 4.36. The number of carbonyl (C=O) groups excluding carboxylic acids is 2. The van der Waals surface area contributed by atoms with Gasteiger partial charge in [0.2, 0.25) is 5.91 Å². The fourth-order valence-electron chi connectivity index (χ4n) is 2.12. The van der Waals surface area contributed by atoms with Crippen LogP contribution in [-0.2, 0) is 9.59 Å². The summed E-state index contributed by atoms with van der Waals surface area (Å²) in [6, 6.07) is 5.77. The summed E-state index contributed by atoms with van der Waals surface area (Å²) in [5.74, 6) is -1.59. The molecule has 0 radical (unpaired) electrons. The maximum absolute atomic E-state index is 11.9. The van der Waals surface area contributed by atoms with Gasteiger partial charge in [-0.3, -0.25) is 4.79 Å². The summed E-state index contributed by atoms with van der Waals surface area (Å²) in [6.07, 6.45) is -1.14. The number of carbonyl (C=O) groups is 3. The van der Waals surface area contributed by atoms with Crippen molar-refractivity contribution in [2.45, 2.75) is 18.9 Å². The molecule has 0 bridgehead atoms. The van der Waals surface area contributed by atoms with E-state index in [0.29, 0.717) is 5.75 Å². The highest BCUT2D eigenvalue weighted by Crippen LogP contribution is 2.20. The van der Waals surface area contributed by atoms with E-state index in [1.54, 1.807) is 12.1 Å². The highest BCUT2D eigenvalue weighted by Gasteiger charge is 2.21. The summed E-state index contributed by atoms with van der Waals surface area (Å²) < 4.78 is 7.10. The molecule has 1 atom stereocenters. The van der Waals surface area contributed by atoms with Gasteiger partial charge in [-0.15, -0.1) is 0 Å². The Morgan fingerprint density at radius 1 is 1.15 bits per heavy atom. The van der Waals surface area contributed by atoms with E-state index in [1.165, 1.54) is 0 Å². The van der Waals surface area contributed by atoms with Crippen molar-refractivity contribution in [2.75, 3.05) is 26.8 Å². The highest BCUT2D eigenvalue weighted by atomic mass is 127. The molecule has 1 aromatic rings. The molecule has 0 saturated carbocycles. The maximum Gasteiger partial charge on any atom is 0.413 e. The van der Waals surface area contributed by atoms with E-state index in [4.69, 9.17) is 15.6 Å². The topological polar surface area (TPSA) is 122 Å². The molecule has 4 N–H and O–H groups in total. The number of anilines is 1. The van der Waals surface area contributed by atoms with Gasteiger partial charge in [-0.1, -0.05) is 45.2 Å². The number of aliphatic carboxylic acids is 1. The number of ether oxygens (including phenoxy) is 1. The molecule has 0 aliphatic carbocycles. The van der Waals surface area contributed by atoms with E-state index >= 15 is 0 Å².